The van der Waals surface area contributed by atoms with E-state index in [-0.39, 0.29) is 0 Å². The van der Waals surface area contributed by atoms with Gasteiger partial charge in [-0.25, -0.2) is 0 Å². The summed E-state index contributed by atoms with van der Waals surface area (Å²) in [5, 5.41) is 14.5. The third kappa shape index (κ3) is 2.45. The molecule has 2 fully saturated rings. The predicted octanol–water partition coefficient (Wildman–Crippen LogP) is 5.03. The van der Waals surface area contributed by atoms with Crippen LogP contribution in [0.2, 0.25) is 0 Å². The monoisotopic (exact) mass is 357 g/mol. The van der Waals surface area contributed by atoms with Crippen LogP contribution in [0, 0.1) is 17.2 Å². The van der Waals surface area contributed by atoms with Gasteiger partial charge in [0, 0.05) is 35.4 Å². The zero-order valence-corrected chi connectivity index (χ0v) is 16.1. The molecular formula is C20H25N2S2+. The van der Waals surface area contributed by atoms with Crippen molar-refractivity contribution in [1.29, 1.82) is 5.26 Å². The van der Waals surface area contributed by atoms with Crippen molar-refractivity contribution in [3.63, 3.8) is 0 Å². The van der Waals surface area contributed by atoms with E-state index in [4.69, 9.17) is 0 Å². The van der Waals surface area contributed by atoms with E-state index in [2.05, 4.69) is 55.2 Å². The van der Waals surface area contributed by atoms with Crippen LogP contribution in [0.4, 0.5) is 0 Å². The number of piperidine rings is 1. The molecule has 0 aliphatic carbocycles. The van der Waals surface area contributed by atoms with Crippen LogP contribution >= 0.6 is 22.7 Å². The first kappa shape index (κ1) is 16.3. The van der Waals surface area contributed by atoms with E-state index in [1.54, 1.807) is 22.7 Å². The summed E-state index contributed by atoms with van der Waals surface area (Å²) >= 11 is 3.48. The average molecular weight is 358 g/mol. The molecule has 1 unspecified atom stereocenters. The van der Waals surface area contributed by atoms with Gasteiger partial charge in [-0.05, 0) is 35.2 Å². The third-order valence-electron chi connectivity index (χ3n) is 6.60. The summed E-state index contributed by atoms with van der Waals surface area (Å²) in [5.41, 5.74) is -0.444. The Hall–Kier alpha value is -1.15. The molecule has 0 aromatic carbocycles. The fraction of sp³-hybridized carbons (Fsp3) is 0.550. The number of nitrogens with zero attached hydrogens (tertiary/aromatic N) is 2. The highest BCUT2D eigenvalue weighted by Gasteiger charge is 2.51. The summed E-state index contributed by atoms with van der Waals surface area (Å²) < 4.78 is 1.20. The zero-order valence-electron chi connectivity index (χ0n) is 14.4. The summed E-state index contributed by atoms with van der Waals surface area (Å²) in [4.78, 5) is 2.44. The Balaban J connectivity index is 1.66. The highest BCUT2D eigenvalue weighted by atomic mass is 32.1. The van der Waals surface area contributed by atoms with Crippen LogP contribution < -0.4 is 0 Å². The first-order valence-electron chi connectivity index (χ1n) is 8.89. The minimum absolute atomic E-state index is 0.444. The van der Waals surface area contributed by atoms with Crippen molar-refractivity contribution < 1.29 is 4.48 Å². The van der Waals surface area contributed by atoms with Gasteiger partial charge in [0.15, 0.2) is 0 Å². The molecule has 4 heteroatoms. The van der Waals surface area contributed by atoms with E-state index in [9.17, 15) is 5.26 Å². The van der Waals surface area contributed by atoms with Gasteiger partial charge in [-0.2, -0.15) is 5.26 Å². The average Bonchev–Trinajstić information content (AvgIpc) is 3.28. The van der Waals surface area contributed by atoms with E-state index < -0.39 is 5.41 Å². The van der Waals surface area contributed by atoms with Crippen LogP contribution in [0.5, 0.6) is 0 Å². The SMILES string of the molecule is C[N+]1(C)[C@@H]2CC[C@H]1CC(CC(C#N)(c1cccs1)c1cccs1)C2. The maximum Gasteiger partial charge on any atom is 0.126 e. The van der Waals surface area contributed by atoms with Crippen molar-refractivity contribution in [3.05, 3.63) is 44.8 Å². The number of quaternary nitrogens is 1. The van der Waals surface area contributed by atoms with Gasteiger partial charge in [-0.1, -0.05) is 12.1 Å². The van der Waals surface area contributed by atoms with Gasteiger partial charge < -0.3 is 4.48 Å². The van der Waals surface area contributed by atoms with Crippen LogP contribution in [0.1, 0.15) is 41.9 Å². The molecule has 3 atom stereocenters. The Labute approximate surface area is 152 Å². The summed E-state index contributed by atoms with van der Waals surface area (Å²) in [7, 11) is 4.82. The second-order valence-corrected chi connectivity index (χ2v) is 9.92. The molecule has 4 heterocycles. The van der Waals surface area contributed by atoms with E-state index in [0.717, 1.165) is 18.5 Å². The lowest BCUT2D eigenvalue weighted by atomic mass is 9.73. The standard InChI is InChI=1S/C20H25N2S2/c1-22(2)16-7-8-17(22)12-15(11-16)13-20(14-21,18-5-3-9-23-18)19-6-4-10-24-19/h3-6,9-10,15-17H,7-8,11-13H2,1-2H3/q+1/t15?,16-,17+. The molecule has 2 saturated heterocycles. The highest BCUT2D eigenvalue weighted by molar-refractivity contribution is 7.11. The van der Waals surface area contributed by atoms with Gasteiger partial charge in [0.05, 0.1) is 32.2 Å². The van der Waals surface area contributed by atoms with Gasteiger partial charge in [-0.15, -0.1) is 22.7 Å². The van der Waals surface area contributed by atoms with Gasteiger partial charge in [0.25, 0.3) is 0 Å². The number of thiophene rings is 2. The molecule has 0 N–H and O–H groups in total. The normalized spacial score (nSPS) is 28.6. The lowest BCUT2D eigenvalue weighted by Crippen LogP contribution is -2.55. The molecular weight excluding hydrogens is 332 g/mol. The molecule has 24 heavy (non-hydrogen) atoms. The first-order chi connectivity index (χ1) is 11.6. The van der Waals surface area contributed by atoms with Gasteiger partial charge in [-0.3, -0.25) is 0 Å². The van der Waals surface area contributed by atoms with Crippen molar-refractivity contribution in [1.82, 2.24) is 0 Å². The molecule has 0 spiro atoms. The van der Waals surface area contributed by atoms with Crippen LogP contribution in [0.25, 0.3) is 0 Å². The third-order valence-corrected chi connectivity index (χ3v) is 8.66. The Bertz CT molecular complexity index is 674. The van der Waals surface area contributed by atoms with Crippen LogP contribution in [0.3, 0.4) is 0 Å². The molecule has 2 bridgehead atoms. The van der Waals surface area contributed by atoms with Crippen molar-refractivity contribution in [2.24, 2.45) is 5.92 Å². The minimum atomic E-state index is -0.444. The maximum atomic E-state index is 10.3. The Morgan fingerprint density at radius 1 is 1.08 bits per heavy atom. The fourth-order valence-corrected chi connectivity index (χ4v) is 6.98. The molecule has 126 valence electrons. The van der Waals surface area contributed by atoms with E-state index in [0.29, 0.717) is 5.92 Å². The fourth-order valence-electron chi connectivity index (χ4n) is 5.11. The molecule has 0 saturated carbocycles. The number of rotatable bonds is 4. The highest BCUT2D eigenvalue weighted by Crippen LogP contribution is 2.49. The smallest absolute Gasteiger partial charge is 0.126 e. The van der Waals surface area contributed by atoms with E-state index in [1.807, 2.05) is 0 Å². The Morgan fingerprint density at radius 3 is 2.04 bits per heavy atom. The molecule has 2 aromatic heterocycles. The van der Waals surface area contributed by atoms with Gasteiger partial charge in [0.2, 0.25) is 0 Å². The van der Waals surface area contributed by atoms with E-state index >= 15 is 0 Å². The molecule has 4 rings (SSSR count). The Kier molecular flexibility index (Phi) is 4.07. The largest absolute Gasteiger partial charge is 0.324 e. The second kappa shape index (κ2) is 5.98. The summed E-state index contributed by atoms with van der Waals surface area (Å²) in [6, 6.07) is 12.8. The van der Waals surface area contributed by atoms with Crippen molar-refractivity contribution in [2.45, 2.75) is 49.6 Å². The van der Waals surface area contributed by atoms with Crippen LogP contribution in [-0.4, -0.2) is 30.7 Å². The number of nitriles is 1. The second-order valence-electron chi connectivity index (χ2n) is 8.03. The molecule has 2 aliphatic rings. The van der Waals surface area contributed by atoms with Gasteiger partial charge >= 0.3 is 0 Å². The lowest BCUT2D eigenvalue weighted by Gasteiger charge is -2.45. The predicted molar refractivity (Wildman–Crippen MR) is 101 cm³/mol. The molecule has 2 aliphatic heterocycles. The van der Waals surface area contributed by atoms with Crippen LogP contribution in [0.15, 0.2) is 35.0 Å². The summed E-state index contributed by atoms with van der Waals surface area (Å²) in [6.07, 6.45) is 6.28. The van der Waals surface area contributed by atoms with E-state index in [1.165, 1.54) is 39.9 Å². The van der Waals surface area contributed by atoms with Gasteiger partial charge in [0.1, 0.15) is 5.41 Å². The molecule has 0 radical (unpaired) electrons. The zero-order chi connectivity index (χ0) is 16.8. The molecule has 0 amide bonds. The molecule has 2 aromatic rings. The lowest BCUT2D eigenvalue weighted by molar-refractivity contribution is -0.931. The number of hydrogen-bond acceptors (Lipinski definition) is 3. The van der Waals surface area contributed by atoms with Crippen molar-refractivity contribution in [2.75, 3.05) is 14.1 Å². The minimum Gasteiger partial charge on any atom is -0.324 e. The topological polar surface area (TPSA) is 23.8 Å². The maximum absolute atomic E-state index is 10.3. The quantitative estimate of drug-likeness (QED) is 0.704. The number of hydrogen-bond donors (Lipinski definition) is 0. The molecule has 2 nitrogen and oxygen atoms in total. The summed E-state index contributed by atoms with van der Waals surface area (Å²) in [5.74, 6) is 0.664. The van der Waals surface area contributed by atoms with Crippen molar-refractivity contribution >= 4 is 22.7 Å². The van der Waals surface area contributed by atoms with Crippen LogP contribution in [-0.2, 0) is 5.41 Å². The van der Waals surface area contributed by atoms with Crippen molar-refractivity contribution in [3.8, 4) is 6.07 Å². The number of fused-ring (bicyclic) bond motifs is 2. The summed E-state index contributed by atoms with van der Waals surface area (Å²) in [6.45, 7) is 0. The first-order valence-corrected chi connectivity index (χ1v) is 10.6. The Morgan fingerprint density at radius 2 is 1.62 bits per heavy atom.